The van der Waals surface area contributed by atoms with Crippen LogP contribution in [0.5, 0.6) is 0 Å². The van der Waals surface area contributed by atoms with Crippen molar-refractivity contribution in [3.63, 3.8) is 0 Å². The maximum atomic E-state index is 10.6. The molecule has 0 saturated heterocycles. The normalized spacial score (nSPS) is 11.2. The first kappa shape index (κ1) is 23.2. The van der Waals surface area contributed by atoms with Gasteiger partial charge >= 0.3 is 5.97 Å². The Bertz CT molecular complexity index is 284. The van der Waals surface area contributed by atoms with Crippen LogP contribution in [0.1, 0.15) is 117 Å². The molecule has 0 aromatic rings. The Morgan fingerprint density at radius 1 is 0.667 bits per heavy atom. The van der Waals surface area contributed by atoms with Gasteiger partial charge in [-0.3, -0.25) is 4.79 Å². The Morgan fingerprint density at radius 2 is 1.08 bits per heavy atom. The number of ether oxygens (including phenoxy) is 1. The predicted molar refractivity (Wildman–Crippen MR) is 105 cm³/mol. The summed E-state index contributed by atoms with van der Waals surface area (Å²) in [6.07, 6.45) is 26.0. The largest absolute Gasteiger partial charge is 0.466 e. The molecular weight excluding hydrogens is 296 g/mol. The molecule has 0 amide bonds. The van der Waals surface area contributed by atoms with Gasteiger partial charge in [0.05, 0.1) is 6.61 Å². The van der Waals surface area contributed by atoms with Crippen LogP contribution < -0.4 is 0 Å². The average Bonchev–Trinajstić information content (AvgIpc) is 2.56. The summed E-state index contributed by atoms with van der Waals surface area (Å²) in [6.45, 7) is 4.35. The fourth-order valence-corrected chi connectivity index (χ4v) is 2.92. The lowest BCUT2D eigenvalue weighted by Gasteiger charge is -2.02. The smallest absolute Gasteiger partial charge is 0.302 e. The van der Waals surface area contributed by atoms with Crippen LogP contribution in [-0.4, -0.2) is 12.6 Å². The molecule has 0 radical (unpaired) electrons. The fourth-order valence-electron chi connectivity index (χ4n) is 2.92. The van der Waals surface area contributed by atoms with E-state index in [0.29, 0.717) is 6.61 Å². The van der Waals surface area contributed by atoms with E-state index >= 15 is 0 Å². The van der Waals surface area contributed by atoms with Gasteiger partial charge in [-0.25, -0.2) is 0 Å². The minimum absolute atomic E-state index is 0.156. The van der Waals surface area contributed by atoms with Gasteiger partial charge in [-0.2, -0.15) is 0 Å². The van der Waals surface area contributed by atoms with E-state index < -0.39 is 0 Å². The SMILES string of the molecule is CCCCCCCCC=CCCCCCCCCCCOC(C)=O. The number of carbonyl (C=O) groups is 1. The van der Waals surface area contributed by atoms with Crippen molar-refractivity contribution < 1.29 is 9.53 Å². The Balaban J connectivity index is 3.06. The molecule has 0 aromatic heterocycles. The lowest BCUT2D eigenvalue weighted by atomic mass is 10.1. The van der Waals surface area contributed by atoms with Crippen LogP contribution in [-0.2, 0) is 9.53 Å². The molecule has 24 heavy (non-hydrogen) atoms. The lowest BCUT2D eigenvalue weighted by molar-refractivity contribution is -0.141. The van der Waals surface area contributed by atoms with Crippen molar-refractivity contribution in [2.75, 3.05) is 6.61 Å². The Labute approximate surface area is 151 Å². The molecule has 0 heterocycles. The standard InChI is InChI=1S/C22H42O2/c1-3-4-5-6-7-8-9-10-11-12-13-14-15-16-17-18-19-20-21-24-22(2)23/h10-11H,3-9,12-21H2,1-2H3. The molecule has 0 rings (SSSR count). The zero-order valence-corrected chi connectivity index (χ0v) is 16.5. The van der Waals surface area contributed by atoms with Crippen LogP contribution in [0.2, 0.25) is 0 Å². The number of hydrogen-bond acceptors (Lipinski definition) is 2. The number of esters is 1. The summed E-state index contributed by atoms with van der Waals surface area (Å²) >= 11 is 0. The first-order chi connectivity index (χ1) is 11.8. The van der Waals surface area contributed by atoms with Gasteiger partial charge in [0.15, 0.2) is 0 Å². The predicted octanol–water partition coefficient (Wildman–Crippen LogP) is 7.37. The summed E-state index contributed by atoms with van der Waals surface area (Å²) in [6, 6.07) is 0. The quantitative estimate of drug-likeness (QED) is 0.148. The number of hydrogen-bond donors (Lipinski definition) is 0. The topological polar surface area (TPSA) is 26.3 Å². The Morgan fingerprint density at radius 3 is 1.54 bits per heavy atom. The summed E-state index contributed by atoms with van der Waals surface area (Å²) in [5, 5.41) is 0. The molecule has 0 aliphatic rings. The van der Waals surface area contributed by atoms with E-state index in [1.54, 1.807) is 0 Å². The van der Waals surface area contributed by atoms with Gasteiger partial charge in [-0.05, 0) is 32.1 Å². The lowest BCUT2D eigenvalue weighted by Crippen LogP contribution is -2.00. The van der Waals surface area contributed by atoms with E-state index in [4.69, 9.17) is 4.74 Å². The first-order valence-corrected chi connectivity index (χ1v) is 10.6. The van der Waals surface area contributed by atoms with E-state index in [2.05, 4.69) is 19.1 Å². The van der Waals surface area contributed by atoms with Crippen molar-refractivity contribution in [1.29, 1.82) is 0 Å². The van der Waals surface area contributed by atoms with Crippen molar-refractivity contribution in [1.82, 2.24) is 0 Å². The Kier molecular flexibility index (Phi) is 19.6. The number of carbonyl (C=O) groups excluding carboxylic acids is 1. The molecule has 142 valence electrons. The second-order valence-electron chi connectivity index (χ2n) is 6.98. The molecule has 0 unspecified atom stereocenters. The molecule has 2 nitrogen and oxygen atoms in total. The summed E-state index contributed by atoms with van der Waals surface area (Å²) < 4.78 is 4.93. The van der Waals surface area contributed by atoms with Gasteiger partial charge in [0.2, 0.25) is 0 Å². The summed E-state index contributed by atoms with van der Waals surface area (Å²) in [7, 11) is 0. The Hall–Kier alpha value is -0.790. The van der Waals surface area contributed by atoms with Crippen LogP contribution in [0.4, 0.5) is 0 Å². The van der Waals surface area contributed by atoms with Crippen molar-refractivity contribution >= 4 is 5.97 Å². The molecule has 0 bridgehead atoms. The molecule has 0 atom stereocenters. The molecule has 0 fully saturated rings. The van der Waals surface area contributed by atoms with E-state index in [-0.39, 0.29) is 5.97 Å². The fraction of sp³-hybridized carbons (Fsp3) is 0.864. The van der Waals surface area contributed by atoms with Gasteiger partial charge in [0.25, 0.3) is 0 Å². The molecule has 0 aliphatic heterocycles. The van der Waals surface area contributed by atoms with E-state index in [1.165, 1.54) is 103 Å². The van der Waals surface area contributed by atoms with E-state index in [1.807, 2.05) is 0 Å². The molecule has 0 aromatic carbocycles. The van der Waals surface area contributed by atoms with Crippen molar-refractivity contribution in [2.45, 2.75) is 117 Å². The van der Waals surface area contributed by atoms with Crippen LogP contribution >= 0.6 is 0 Å². The van der Waals surface area contributed by atoms with Crippen molar-refractivity contribution in [3.8, 4) is 0 Å². The molecule has 2 heteroatoms. The van der Waals surface area contributed by atoms with Crippen LogP contribution in [0, 0.1) is 0 Å². The highest BCUT2D eigenvalue weighted by atomic mass is 16.5. The monoisotopic (exact) mass is 338 g/mol. The maximum Gasteiger partial charge on any atom is 0.302 e. The number of rotatable bonds is 18. The summed E-state index contributed by atoms with van der Waals surface area (Å²) in [5.74, 6) is -0.156. The van der Waals surface area contributed by atoms with Crippen LogP contribution in [0.15, 0.2) is 12.2 Å². The highest BCUT2D eigenvalue weighted by Gasteiger charge is 1.94. The molecular formula is C22H42O2. The molecule has 0 saturated carbocycles. The second-order valence-corrected chi connectivity index (χ2v) is 6.98. The summed E-state index contributed by atoms with van der Waals surface area (Å²) in [4.78, 5) is 10.6. The third-order valence-electron chi connectivity index (χ3n) is 4.46. The maximum absolute atomic E-state index is 10.6. The molecule has 0 spiro atoms. The highest BCUT2D eigenvalue weighted by Crippen LogP contribution is 2.11. The number of allylic oxidation sites excluding steroid dienone is 2. The zero-order valence-electron chi connectivity index (χ0n) is 16.5. The van der Waals surface area contributed by atoms with Gasteiger partial charge in [0, 0.05) is 6.92 Å². The zero-order chi connectivity index (χ0) is 17.7. The average molecular weight is 339 g/mol. The minimum Gasteiger partial charge on any atom is -0.466 e. The third kappa shape index (κ3) is 21.2. The minimum atomic E-state index is -0.156. The molecule has 0 aliphatic carbocycles. The van der Waals surface area contributed by atoms with Crippen molar-refractivity contribution in [2.24, 2.45) is 0 Å². The molecule has 0 N–H and O–H groups in total. The number of unbranched alkanes of at least 4 members (excludes halogenated alkanes) is 14. The van der Waals surface area contributed by atoms with Crippen LogP contribution in [0.25, 0.3) is 0 Å². The third-order valence-corrected chi connectivity index (χ3v) is 4.46. The first-order valence-electron chi connectivity index (χ1n) is 10.6. The van der Waals surface area contributed by atoms with Crippen molar-refractivity contribution in [3.05, 3.63) is 12.2 Å². The van der Waals surface area contributed by atoms with Gasteiger partial charge < -0.3 is 4.74 Å². The van der Waals surface area contributed by atoms with E-state index in [9.17, 15) is 4.79 Å². The summed E-state index contributed by atoms with van der Waals surface area (Å²) in [5.41, 5.74) is 0. The van der Waals surface area contributed by atoms with Gasteiger partial charge in [-0.1, -0.05) is 89.7 Å². The van der Waals surface area contributed by atoms with Gasteiger partial charge in [-0.15, -0.1) is 0 Å². The second kappa shape index (κ2) is 20.3. The van der Waals surface area contributed by atoms with Crippen LogP contribution in [0.3, 0.4) is 0 Å². The highest BCUT2D eigenvalue weighted by molar-refractivity contribution is 5.65. The van der Waals surface area contributed by atoms with E-state index in [0.717, 1.165) is 6.42 Å². The van der Waals surface area contributed by atoms with Gasteiger partial charge in [0.1, 0.15) is 0 Å².